The Morgan fingerprint density at radius 2 is 1.70 bits per heavy atom. The quantitative estimate of drug-likeness (QED) is 0.400. The van der Waals surface area contributed by atoms with E-state index >= 15 is 0 Å². The molecule has 0 bridgehead atoms. The second-order valence-corrected chi connectivity index (χ2v) is 11.5. The molecule has 0 radical (unpaired) electrons. The number of para-hydroxylation sites is 2. The Bertz CT molecular complexity index is 1300. The van der Waals surface area contributed by atoms with Gasteiger partial charge in [0.1, 0.15) is 4.90 Å². The highest BCUT2D eigenvalue weighted by molar-refractivity contribution is 7.99. The molecule has 0 aliphatic carbocycles. The lowest BCUT2D eigenvalue weighted by Gasteiger charge is -2.31. The van der Waals surface area contributed by atoms with Crippen molar-refractivity contribution in [2.75, 3.05) is 23.7 Å². The summed E-state index contributed by atoms with van der Waals surface area (Å²) < 4.78 is 29.1. The summed E-state index contributed by atoms with van der Waals surface area (Å²) in [6.07, 6.45) is 1.67. The molecule has 2 aliphatic rings. The smallest absolute Gasteiger partial charge is 0.255 e. The Morgan fingerprint density at radius 3 is 2.45 bits per heavy atom. The van der Waals surface area contributed by atoms with Crippen molar-refractivity contribution in [3.05, 3.63) is 72.3 Å². The van der Waals surface area contributed by atoms with Crippen molar-refractivity contribution in [3.8, 4) is 0 Å². The number of benzene rings is 3. The molecule has 2 aliphatic heterocycles. The first-order chi connectivity index (χ1) is 15.9. The summed E-state index contributed by atoms with van der Waals surface area (Å²) in [5, 5.41) is 6.19. The van der Waals surface area contributed by atoms with Crippen LogP contribution in [0.25, 0.3) is 0 Å². The summed E-state index contributed by atoms with van der Waals surface area (Å²) in [6.45, 7) is 3.13. The van der Waals surface area contributed by atoms with E-state index in [1.54, 1.807) is 22.5 Å². The second-order valence-electron chi connectivity index (χ2n) is 8.48. The van der Waals surface area contributed by atoms with Gasteiger partial charge in [0, 0.05) is 34.1 Å². The predicted molar refractivity (Wildman–Crippen MR) is 132 cm³/mol. The molecular weight excluding hydrogens is 454 g/mol. The topological polar surface area (TPSA) is 78.5 Å². The molecule has 3 aromatic rings. The largest absolute Gasteiger partial charge is 0.353 e. The molecule has 33 heavy (non-hydrogen) atoms. The lowest BCUT2D eigenvalue weighted by Crippen LogP contribution is -2.38. The van der Waals surface area contributed by atoms with E-state index in [0.29, 0.717) is 35.9 Å². The third-order valence-corrected chi connectivity index (χ3v) is 9.13. The first-order valence-corrected chi connectivity index (χ1v) is 13.3. The number of amides is 1. The van der Waals surface area contributed by atoms with Gasteiger partial charge in [-0.05, 0) is 55.2 Å². The van der Waals surface area contributed by atoms with Gasteiger partial charge in [-0.15, -0.1) is 0 Å². The fourth-order valence-electron chi connectivity index (χ4n) is 4.13. The number of nitrogens with one attached hydrogen (secondary N) is 2. The molecule has 2 heterocycles. The van der Waals surface area contributed by atoms with E-state index in [1.807, 2.05) is 42.5 Å². The van der Waals surface area contributed by atoms with Gasteiger partial charge in [-0.1, -0.05) is 49.0 Å². The van der Waals surface area contributed by atoms with Gasteiger partial charge in [-0.2, -0.15) is 4.31 Å². The summed E-state index contributed by atoms with van der Waals surface area (Å²) in [4.78, 5) is 15.0. The maximum atomic E-state index is 13.8. The monoisotopic (exact) mass is 479 g/mol. The first kappa shape index (κ1) is 22.0. The highest BCUT2D eigenvalue weighted by Crippen LogP contribution is 2.47. The number of piperidine rings is 1. The number of fused-ring (bicyclic) bond motifs is 2. The SMILES string of the molecule is CC1CCN(S(=O)(=O)c2cc(C(=O)Nc3ccccc3)cc3c2Nc2ccccc2S3)CC1. The molecule has 6 nitrogen and oxygen atoms in total. The third kappa shape index (κ3) is 4.38. The predicted octanol–water partition coefficient (Wildman–Crippen LogP) is 5.57. The van der Waals surface area contributed by atoms with Crippen LogP contribution in [0.2, 0.25) is 0 Å². The van der Waals surface area contributed by atoms with Crippen molar-refractivity contribution < 1.29 is 13.2 Å². The number of carbonyl (C=O) groups excluding carboxylic acids is 1. The van der Waals surface area contributed by atoms with E-state index in [4.69, 9.17) is 0 Å². The summed E-state index contributed by atoms with van der Waals surface area (Å²) in [7, 11) is -3.78. The van der Waals surface area contributed by atoms with E-state index in [-0.39, 0.29) is 10.8 Å². The first-order valence-electron chi connectivity index (χ1n) is 11.0. The number of nitrogens with zero attached hydrogens (tertiary/aromatic N) is 1. The van der Waals surface area contributed by atoms with Crippen LogP contribution in [0.15, 0.2) is 81.4 Å². The van der Waals surface area contributed by atoms with E-state index in [0.717, 1.165) is 28.3 Å². The molecule has 1 fully saturated rings. The minimum absolute atomic E-state index is 0.148. The maximum Gasteiger partial charge on any atom is 0.255 e. The van der Waals surface area contributed by atoms with Crippen LogP contribution in [0.4, 0.5) is 17.1 Å². The summed E-state index contributed by atoms with van der Waals surface area (Å²) in [6, 6.07) is 20.2. The van der Waals surface area contributed by atoms with Crippen molar-refractivity contribution >= 4 is 44.8 Å². The Kier molecular flexibility index (Phi) is 5.90. The highest BCUT2D eigenvalue weighted by Gasteiger charge is 2.33. The van der Waals surface area contributed by atoms with E-state index in [1.165, 1.54) is 17.8 Å². The second kappa shape index (κ2) is 8.85. The minimum atomic E-state index is -3.78. The van der Waals surface area contributed by atoms with Crippen LogP contribution >= 0.6 is 11.8 Å². The molecule has 0 saturated carbocycles. The van der Waals surface area contributed by atoms with Crippen molar-refractivity contribution in [1.29, 1.82) is 0 Å². The number of sulfonamides is 1. The van der Waals surface area contributed by atoms with Gasteiger partial charge < -0.3 is 10.6 Å². The van der Waals surface area contributed by atoms with Crippen LogP contribution < -0.4 is 10.6 Å². The highest BCUT2D eigenvalue weighted by atomic mass is 32.2. The molecular formula is C25H25N3O3S2. The Hall–Kier alpha value is -2.81. The molecule has 0 atom stereocenters. The summed E-state index contributed by atoms with van der Waals surface area (Å²) >= 11 is 1.47. The Morgan fingerprint density at radius 1 is 1.00 bits per heavy atom. The van der Waals surface area contributed by atoms with Crippen molar-refractivity contribution in [2.24, 2.45) is 5.92 Å². The number of hydrogen-bond donors (Lipinski definition) is 2. The standard InChI is InChI=1S/C25H25N3O3S2/c1-17-11-13-28(14-12-17)33(30,31)23-16-18(25(29)26-19-7-3-2-4-8-19)15-22-24(23)27-20-9-5-6-10-21(20)32-22/h2-10,15-17,27H,11-14H2,1H3,(H,26,29). The van der Waals surface area contributed by atoms with Gasteiger partial charge in [0.15, 0.2) is 0 Å². The van der Waals surface area contributed by atoms with Crippen LogP contribution in [-0.2, 0) is 10.0 Å². The number of rotatable bonds is 4. The van der Waals surface area contributed by atoms with Gasteiger partial charge in [-0.3, -0.25) is 4.79 Å². The van der Waals surface area contributed by atoms with Gasteiger partial charge in [0.2, 0.25) is 10.0 Å². The minimum Gasteiger partial charge on any atom is -0.353 e. The summed E-state index contributed by atoms with van der Waals surface area (Å²) in [5.74, 6) is 0.168. The molecule has 170 valence electrons. The normalized spacial score (nSPS) is 16.4. The van der Waals surface area contributed by atoms with Crippen LogP contribution in [-0.4, -0.2) is 31.7 Å². The molecule has 1 saturated heterocycles. The fraction of sp³-hybridized carbons (Fsp3) is 0.240. The number of carbonyl (C=O) groups is 1. The molecule has 0 spiro atoms. The van der Waals surface area contributed by atoms with Crippen molar-refractivity contribution in [3.63, 3.8) is 0 Å². The third-order valence-electron chi connectivity index (χ3n) is 6.09. The zero-order chi connectivity index (χ0) is 23.0. The fourth-order valence-corrected chi connectivity index (χ4v) is 6.92. The molecule has 3 aromatic carbocycles. The summed E-state index contributed by atoms with van der Waals surface area (Å²) in [5.41, 5.74) is 2.37. The van der Waals surface area contributed by atoms with E-state index in [2.05, 4.69) is 17.6 Å². The molecule has 1 amide bonds. The van der Waals surface area contributed by atoms with Crippen LogP contribution in [0.3, 0.4) is 0 Å². The van der Waals surface area contributed by atoms with Crippen molar-refractivity contribution in [1.82, 2.24) is 4.31 Å². The lowest BCUT2D eigenvalue weighted by atomic mass is 10.0. The van der Waals surface area contributed by atoms with Gasteiger partial charge >= 0.3 is 0 Å². The number of hydrogen-bond acceptors (Lipinski definition) is 5. The average Bonchev–Trinajstić information content (AvgIpc) is 2.83. The van der Waals surface area contributed by atoms with Gasteiger partial charge in [0.25, 0.3) is 5.91 Å². The number of anilines is 3. The zero-order valence-corrected chi connectivity index (χ0v) is 19.9. The average molecular weight is 480 g/mol. The Balaban J connectivity index is 1.58. The maximum absolute atomic E-state index is 13.8. The molecule has 0 unspecified atom stereocenters. The lowest BCUT2D eigenvalue weighted by molar-refractivity contribution is 0.102. The van der Waals surface area contributed by atoms with Gasteiger partial charge in [-0.25, -0.2) is 8.42 Å². The van der Waals surface area contributed by atoms with E-state index < -0.39 is 10.0 Å². The molecule has 2 N–H and O–H groups in total. The molecule has 0 aromatic heterocycles. The van der Waals surface area contributed by atoms with Crippen LogP contribution in [0, 0.1) is 5.92 Å². The van der Waals surface area contributed by atoms with Crippen molar-refractivity contribution in [2.45, 2.75) is 34.5 Å². The van der Waals surface area contributed by atoms with Gasteiger partial charge in [0.05, 0.1) is 11.4 Å². The molecule has 5 rings (SSSR count). The Labute approximate surface area is 198 Å². The zero-order valence-electron chi connectivity index (χ0n) is 18.2. The van der Waals surface area contributed by atoms with E-state index in [9.17, 15) is 13.2 Å². The van der Waals surface area contributed by atoms with Crippen LogP contribution in [0.1, 0.15) is 30.1 Å². The molecule has 8 heteroatoms. The van der Waals surface area contributed by atoms with Crippen LogP contribution in [0.5, 0.6) is 0 Å².